The molecule has 2 aromatic rings. The van der Waals surface area contributed by atoms with Crippen molar-refractivity contribution >= 4 is 36.4 Å². The molecule has 0 spiro atoms. The molecule has 7 nitrogen and oxygen atoms in total. The summed E-state index contributed by atoms with van der Waals surface area (Å²) in [7, 11) is -1.84. The highest BCUT2D eigenvalue weighted by molar-refractivity contribution is 6.60. The number of aldehydes is 1. The first-order valence-corrected chi connectivity index (χ1v) is 9.01. The zero-order valence-electron chi connectivity index (χ0n) is 16.0. The number of piperazine rings is 1. The number of rotatable bonds is 4. The lowest BCUT2D eigenvalue weighted by molar-refractivity contribution is -0.129. The third-order valence-corrected chi connectivity index (χ3v) is 5.11. The maximum absolute atomic E-state index is 13.2. The molecule has 29 heavy (non-hydrogen) atoms. The summed E-state index contributed by atoms with van der Waals surface area (Å²) >= 11 is 0. The predicted octanol–water partition coefficient (Wildman–Crippen LogP) is 0.586. The van der Waals surface area contributed by atoms with Crippen molar-refractivity contribution in [3.63, 3.8) is 0 Å². The number of carbonyl (C=O) groups is 3. The highest BCUT2D eigenvalue weighted by atomic mass is 19.1. The van der Waals surface area contributed by atoms with Crippen LogP contribution in [0.15, 0.2) is 42.5 Å². The highest BCUT2D eigenvalue weighted by Crippen LogP contribution is 2.28. The fraction of sp³-hybridized carbons (Fsp3) is 0.250. The molecule has 150 valence electrons. The number of carbonyl (C=O) groups excluding carboxylic acids is 3. The van der Waals surface area contributed by atoms with Crippen LogP contribution in [0.5, 0.6) is 0 Å². The van der Waals surface area contributed by atoms with E-state index in [-0.39, 0.29) is 35.6 Å². The van der Waals surface area contributed by atoms with Crippen LogP contribution in [0.25, 0.3) is 0 Å². The summed E-state index contributed by atoms with van der Waals surface area (Å²) in [5.74, 6) is -1.18. The topological polar surface area (TPSA) is 98.2 Å². The SMILES string of the molecule is CC1(C)C(=O)N(c2ccc(F)cc2)CCN1C(=O)c1ccc(B(O)O)c(C=O)c1. The number of hydrogen-bond donors (Lipinski definition) is 2. The molecule has 2 N–H and O–H groups in total. The number of hydrogen-bond acceptors (Lipinski definition) is 5. The van der Waals surface area contributed by atoms with E-state index >= 15 is 0 Å². The minimum absolute atomic E-state index is 0.00647. The fourth-order valence-corrected chi connectivity index (χ4v) is 3.45. The molecule has 0 bridgehead atoms. The number of halogens is 1. The molecule has 3 rings (SSSR count). The van der Waals surface area contributed by atoms with Gasteiger partial charge >= 0.3 is 7.12 Å². The van der Waals surface area contributed by atoms with Crippen LogP contribution in [0.2, 0.25) is 0 Å². The Labute approximate surface area is 167 Å². The Balaban J connectivity index is 1.88. The number of nitrogens with zero attached hydrogens (tertiary/aromatic N) is 2. The zero-order chi connectivity index (χ0) is 21.3. The average molecular weight is 398 g/mol. The summed E-state index contributed by atoms with van der Waals surface area (Å²) in [6.45, 7) is 3.70. The van der Waals surface area contributed by atoms with Gasteiger partial charge in [0.25, 0.3) is 11.8 Å². The van der Waals surface area contributed by atoms with Gasteiger partial charge in [0.15, 0.2) is 0 Å². The minimum Gasteiger partial charge on any atom is -0.423 e. The quantitative estimate of drug-likeness (QED) is 0.580. The summed E-state index contributed by atoms with van der Waals surface area (Å²) in [5, 5.41) is 18.6. The lowest BCUT2D eigenvalue weighted by Gasteiger charge is -2.46. The molecular weight excluding hydrogens is 378 g/mol. The molecule has 2 aromatic carbocycles. The zero-order valence-corrected chi connectivity index (χ0v) is 16.0. The molecule has 0 unspecified atom stereocenters. The van der Waals surface area contributed by atoms with Crippen molar-refractivity contribution in [1.29, 1.82) is 0 Å². The van der Waals surface area contributed by atoms with Crippen LogP contribution in [-0.4, -0.2) is 58.8 Å². The van der Waals surface area contributed by atoms with Crippen molar-refractivity contribution in [2.24, 2.45) is 0 Å². The van der Waals surface area contributed by atoms with Gasteiger partial charge in [-0.15, -0.1) is 0 Å². The van der Waals surface area contributed by atoms with Crippen LogP contribution in [0.3, 0.4) is 0 Å². The maximum atomic E-state index is 13.2. The Morgan fingerprint density at radius 1 is 1.14 bits per heavy atom. The van der Waals surface area contributed by atoms with Crippen molar-refractivity contribution in [3.05, 3.63) is 59.4 Å². The van der Waals surface area contributed by atoms with E-state index in [0.29, 0.717) is 12.0 Å². The number of amides is 2. The first kappa shape index (κ1) is 20.7. The Bertz CT molecular complexity index is 962. The van der Waals surface area contributed by atoms with E-state index in [1.165, 1.54) is 52.3 Å². The Kier molecular flexibility index (Phi) is 5.54. The van der Waals surface area contributed by atoms with E-state index in [1.807, 2.05) is 0 Å². The molecule has 1 aliphatic heterocycles. The van der Waals surface area contributed by atoms with Gasteiger partial charge in [-0.25, -0.2) is 4.39 Å². The molecule has 0 saturated carbocycles. The van der Waals surface area contributed by atoms with Gasteiger partial charge < -0.3 is 19.8 Å². The van der Waals surface area contributed by atoms with E-state index in [1.54, 1.807) is 13.8 Å². The maximum Gasteiger partial charge on any atom is 0.489 e. The van der Waals surface area contributed by atoms with Gasteiger partial charge in [-0.2, -0.15) is 0 Å². The van der Waals surface area contributed by atoms with E-state index in [2.05, 4.69) is 0 Å². The molecule has 0 aromatic heterocycles. The van der Waals surface area contributed by atoms with Gasteiger partial charge in [-0.05, 0) is 55.7 Å². The van der Waals surface area contributed by atoms with Crippen LogP contribution >= 0.6 is 0 Å². The molecule has 9 heteroatoms. The van der Waals surface area contributed by atoms with Crippen LogP contribution in [0.4, 0.5) is 10.1 Å². The summed E-state index contributed by atoms with van der Waals surface area (Å²) in [5.41, 5.74) is -0.498. The third kappa shape index (κ3) is 3.79. The van der Waals surface area contributed by atoms with Crippen LogP contribution in [0, 0.1) is 5.82 Å². The summed E-state index contributed by atoms with van der Waals surface area (Å²) in [6.07, 6.45) is 0.439. The molecule has 1 heterocycles. The van der Waals surface area contributed by atoms with Crippen molar-refractivity contribution in [2.75, 3.05) is 18.0 Å². The summed E-state index contributed by atoms with van der Waals surface area (Å²) in [4.78, 5) is 40.3. The summed E-state index contributed by atoms with van der Waals surface area (Å²) < 4.78 is 13.2. The second kappa shape index (κ2) is 7.77. The first-order valence-electron chi connectivity index (χ1n) is 9.01. The third-order valence-electron chi connectivity index (χ3n) is 5.11. The van der Waals surface area contributed by atoms with Crippen LogP contribution < -0.4 is 10.4 Å². The van der Waals surface area contributed by atoms with E-state index in [0.717, 1.165) is 0 Å². The largest absolute Gasteiger partial charge is 0.489 e. The van der Waals surface area contributed by atoms with Gasteiger partial charge in [-0.1, -0.05) is 6.07 Å². The molecular formula is C20H20BFN2O5. The van der Waals surface area contributed by atoms with E-state index in [4.69, 9.17) is 0 Å². The van der Waals surface area contributed by atoms with Crippen LogP contribution in [-0.2, 0) is 4.79 Å². The lowest BCUT2D eigenvalue weighted by Crippen LogP contribution is -2.64. The average Bonchev–Trinajstić information content (AvgIpc) is 2.69. The molecule has 0 atom stereocenters. The van der Waals surface area contributed by atoms with Gasteiger partial charge in [-0.3, -0.25) is 14.4 Å². The number of benzene rings is 2. The number of anilines is 1. The van der Waals surface area contributed by atoms with E-state index in [9.17, 15) is 28.8 Å². The van der Waals surface area contributed by atoms with Crippen molar-refractivity contribution in [2.45, 2.75) is 19.4 Å². The lowest BCUT2D eigenvalue weighted by atomic mass is 9.76. The molecule has 1 saturated heterocycles. The fourth-order valence-electron chi connectivity index (χ4n) is 3.45. The minimum atomic E-state index is -1.84. The second-order valence-electron chi connectivity index (χ2n) is 7.28. The smallest absolute Gasteiger partial charge is 0.423 e. The Hall–Kier alpha value is -3.04. The Morgan fingerprint density at radius 2 is 1.79 bits per heavy atom. The van der Waals surface area contributed by atoms with Gasteiger partial charge in [0.05, 0.1) is 0 Å². The summed E-state index contributed by atoms with van der Waals surface area (Å²) in [6, 6.07) is 9.52. The van der Waals surface area contributed by atoms with Gasteiger partial charge in [0, 0.05) is 29.9 Å². The second-order valence-corrected chi connectivity index (χ2v) is 7.28. The van der Waals surface area contributed by atoms with Crippen LogP contribution in [0.1, 0.15) is 34.6 Å². The molecule has 2 amide bonds. The molecule has 0 aliphatic carbocycles. The molecule has 0 radical (unpaired) electrons. The van der Waals surface area contributed by atoms with Crippen molar-refractivity contribution in [1.82, 2.24) is 4.90 Å². The van der Waals surface area contributed by atoms with Crippen molar-refractivity contribution in [3.8, 4) is 0 Å². The molecule has 1 fully saturated rings. The van der Waals surface area contributed by atoms with Gasteiger partial charge in [0.2, 0.25) is 0 Å². The van der Waals surface area contributed by atoms with E-state index < -0.39 is 24.4 Å². The first-order chi connectivity index (χ1) is 13.7. The molecule has 1 aliphatic rings. The van der Waals surface area contributed by atoms with Gasteiger partial charge in [0.1, 0.15) is 17.6 Å². The highest BCUT2D eigenvalue weighted by Gasteiger charge is 2.45. The predicted molar refractivity (Wildman–Crippen MR) is 106 cm³/mol. The monoisotopic (exact) mass is 398 g/mol. The normalized spacial score (nSPS) is 16.0. The van der Waals surface area contributed by atoms with Crippen molar-refractivity contribution < 1.29 is 28.8 Å². The standard InChI is InChI=1S/C20H20BFN2O5/c1-20(2)19(27)23(16-6-4-15(22)5-7-16)9-10-24(20)18(26)13-3-8-17(21(28)29)14(11-13)12-25/h3-8,11-12,28-29H,9-10H2,1-2H3. The Morgan fingerprint density at radius 3 is 2.38 bits per heavy atom.